The molecule has 6 nitrogen and oxygen atoms in total. The van der Waals surface area contributed by atoms with Gasteiger partial charge in [0.25, 0.3) is 5.91 Å². The first-order valence-electron chi connectivity index (χ1n) is 9.36. The number of carbonyl (C=O) groups is 2. The van der Waals surface area contributed by atoms with Crippen molar-refractivity contribution in [2.24, 2.45) is 0 Å². The standard InChI is InChI=1S/C22H25NO5/c1-15-6-9-17(10-7-15)27-13-5-4-12-23-18-14-16(20(24)25)8-11-19(18)28-22(2,3)21(23)26/h6-11,14H,4-5,12-13H2,1-3H3,(H,24,25). The minimum absolute atomic E-state index is 0.127. The second kappa shape index (κ2) is 7.92. The number of aromatic carboxylic acids is 1. The number of fused-ring (bicyclic) bond motifs is 1. The third-order valence-corrected chi connectivity index (χ3v) is 4.69. The van der Waals surface area contributed by atoms with Crippen LogP contribution in [0.1, 0.15) is 42.6 Å². The number of hydrogen-bond acceptors (Lipinski definition) is 4. The van der Waals surface area contributed by atoms with Gasteiger partial charge < -0.3 is 19.5 Å². The Morgan fingerprint density at radius 1 is 1.14 bits per heavy atom. The molecule has 1 heterocycles. The van der Waals surface area contributed by atoms with Gasteiger partial charge in [0.2, 0.25) is 0 Å². The van der Waals surface area contributed by atoms with Crippen LogP contribution < -0.4 is 14.4 Å². The van der Waals surface area contributed by atoms with E-state index in [0.29, 0.717) is 24.6 Å². The number of benzene rings is 2. The van der Waals surface area contributed by atoms with Crippen molar-refractivity contribution in [3.8, 4) is 11.5 Å². The van der Waals surface area contributed by atoms with Gasteiger partial charge in [0.15, 0.2) is 5.60 Å². The van der Waals surface area contributed by atoms with E-state index < -0.39 is 11.6 Å². The molecular weight excluding hydrogens is 358 g/mol. The number of ether oxygens (including phenoxy) is 2. The van der Waals surface area contributed by atoms with E-state index in [1.807, 2.05) is 31.2 Å². The van der Waals surface area contributed by atoms with Gasteiger partial charge in [-0.2, -0.15) is 0 Å². The van der Waals surface area contributed by atoms with Crippen LogP contribution in [0.15, 0.2) is 42.5 Å². The number of carboxylic acids is 1. The molecule has 1 aliphatic heterocycles. The molecule has 148 valence electrons. The van der Waals surface area contributed by atoms with Crippen molar-refractivity contribution in [1.82, 2.24) is 0 Å². The number of anilines is 1. The first-order valence-corrected chi connectivity index (χ1v) is 9.36. The van der Waals surface area contributed by atoms with Crippen LogP contribution in [-0.4, -0.2) is 35.7 Å². The zero-order valence-corrected chi connectivity index (χ0v) is 16.4. The van der Waals surface area contributed by atoms with E-state index in [4.69, 9.17) is 9.47 Å². The summed E-state index contributed by atoms with van der Waals surface area (Å²) < 4.78 is 11.5. The summed E-state index contributed by atoms with van der Waals surface area (Å²) in [7, 11) is 0. The normalized spacial score (nSPS) is 15.0. The number of amides is 1. The molecule has 1 amide bonds. The predicted molar refractivity (Wildman–Crippen MR) is 106 cm³/mol. The van der Waals surface area contributed by atoms with Crippen LogP contribution in [0.5, 0.6) is 11.5 Å². The third kappa shape index (κ3) is 4.27. The van der Waals surface area contributed by atoms with Gasteiger partial charge in [-0.3, -0.25) is 4.79 Å². The number of aryl methyl sites for hydroxylation is 1. The van der Waals surface area contributed by atoms with E-state index in [0.717, 1.165) is 18.6 Å². The molecule has 0 unspecified atom stereocenters. The van der Waals surface area contributed by atoms with E-state index in [2.05, 4.69) is 0 Å². The van der Waals surface area contributed by atoms with Crippen LogP contribution in [0.3, 0.4) is 0 Å². The summed E-state index contributed by atoms with van der Waals surface area (Å²) in [4.78, 5) is 25.7. The largest absolute Gasteiger partial charge is 0.494 e. The van der Waals surface area contributed by atoms with Gasteiger partial charge in [-0.25, -0.2) is 4.79 Å². The first kappa shape index (κ1) is 19.7. The maximum absolute atomic E-state index is 12.8. The second-order valence-corrected chi connectivity index (χ2v) is 7.43. The summed E-state index contributed by atoms with van der Waals surface area (Å²) in [5, 5.41) is 9.25. The Morgan fingerprint density at radius 2 is 1.86 bits per heavy atom. The highest BCUT2D eigenvalue weighted by molar-refractivity contribution is 6.03. The fraction of sp³-hybridized carbons (Fsp3) is 0.364. The number of hydrogen-bond donors (Lipinski definition) is 1. The molecule has 0 aliphatic carbocycles. The van der Waals surface area contributed by atoms with Crippen LogP contribution >= 0.6 is 0 Å². The van der Waals surface area contributed by atoms with Gasteiger partial charge in [-0.15, -0.1) is 0 Å². The quantitative estimate of drug-likeness (QED) is 0.730. The van der Waals surface area contributed by atoms with Crippen molar-refractivity contribution in [3.63, 3.8) is 0 Å². The Labute approximate surface area is 164 Å². The molecule has 0 spiro atoms. The lowest BCUT2D eigenvalue weighted by Gasteiger charge is -2.39. The van der Waals surface area contributed by atoms with Crippen LogP contribution in [-0.2, 0) is 4.79 Å². The summed E-state index contributed by atoms with van der Waals surface area (Å²) in [6.45, 7) is 6.48. The zero-order valence-electron chi connectivity index (χ0n) is 16.4. The van der Waals surface area contributed by atoms with Crippen molar-refractivity contribution in [1.29, 1.82) is 0 Å². The van der Waals surface area contributed by atoms with E-state index >= 15 is 0 Å². The summed E-state index contributed by atoms with van der Waals surface area (Å²) in [6.07, 6.45) is 1.50. The Morgan fingerprint density at radius 3 is 2.54 bits per heavy atom. The summed E-state index contributed by atoms with van der Waals surface area (Å²) >= 11 is 0. The monoisotopic (exact) mass is 383 g/mol. The summed E-state index contributed by atoms with van der Waals surface area (Å²) in [5.41, 5.74) is 0.822. The molecule has 2 aromatic rings. The highest BCUT2D eigenvalue weighted by Gasteiger charge is 2.40. The third-order valence-electron chi connectivity index (χ3n) is 4.69. The van der Waals surface area contributed by atoms with Crippen LogP contribution in [0.25, 0.3) is 0 Å². The molecule has 3 rings (SSSR count). The maximum Gasteiger partial charge on any atom is 0.335 e. The Bertz CT molecular complexity index is 873. The Hall–Kier alpha value is -3.02. The fourth-order valence-electron chi connectivity index (χ4n) is 3.12. The number of rotatable bonds is 7. The average Bonchev–Trinajstić information content (AvgIpc) is 2.65. The Balaban J connectivity index is 1.65. The van der Waals surface area contributed by atoms with Gasteiger partial charge in [0.05, 0.1) is 17.9 Å². The molecule has 0 fully saturated rings. The highest BCUT2D eigenvalue weighted by atomic mass is 16.5. The van der Waals surface area contributed by atoms with E-state index in [1.165, 1.54) is 17.7 Å². The van der Waals surface area contributed by atoms with E-state index in [1.54, 1.807) is 24.8 Å². The van der Waals surface area contributed by atoms with Crippen LogP contribution in [0.4, 0.5) is 5.69 Å². The smallest absolute Gasteiger partial charge is 0.335 e. The minimum atomic E-state index is -1.04. The lowest BCUT2D eigenvalue weighted by molar-refractivity contribution is -0.132. The number of unbranched alkanes of at least 4 members (excludes halogenated alkanes) is 1. The Kier molecular flexibility index (Phi) is 5.58. The van der Waals surface area contributed by atoms with E-state index in [9.17, 15) is 14.7 Å². The predicted octanol–water partition coefficient (Wildman–Crippen LogP) is 4.06. The zero-order chi connectivity index (χ0) is 20.3. The first-order chi connectivity index (χ1) is 13.3. The molecule has 0 saturated heterocycles. The lowest BCUT2D eigenvalue weighted by atomic mass is 10.0. The average molecular weight is 383 g/mol. The summed E-state index contributed by atoms with van der Waals surface area (Å²) in [6, 6.07) is 12.5. The fourth-order valence-corrected chi connectivity index (χ4v) is 3.12. The topological polar surface area (TPSA) is 76.1 Å². The lowest BCUT2D eigenvalue weighted by Crippen LogP contribution is -2.52. The van der Waals surface area contributed by atoms with E-state index in [-0.39, 0.29) is 11.5 Å². The van der Waals surface area contributed by atoms with Crippen molar-refractivity contribution < 1.29 is 24.2 Å². The number of carboxylic acid groups (broad SMARTS) is 1. The molecule has 28 heavy (non-hydrogen) atoms. The minimum Gasteiger partial charge on any atom is -0.494 e. The number of carbonyl (C=O) groups excluding carboxylic acids is 1. The van der Waals surface area contributed by atoms with Crippen molar-refractivity contribution in [2.45, 2.75) is 39.2 Å². The molecule has 0 atom stereocenters. The van der Waals surface area contributed by atoms with Gasteiger partial charge >= 0.3 is 5.97 Å². The molecule has 1 N–H and O–H groups in total. The van der Waals surface area contributed by atoms with Gasteiger partial charge in [0, 0.05) is 6.54 Å². The van der Waals surface area contributed by atoms with Gasteiger partial charge in [-0.05, 0) is 63.9 Å². The van der Waals surface area contributed by atoms with Crippen molar-refractivity contribution in [3.05, 3.63) is 53.6 Å². The number of nitrogens with zero attached hydrogens (tertiary/aromatic N) is 1. The van der Waals surface area contributed by atoms with Gasteiger partial charge in [-0.1, -0.05) is 17.7 Å². The molecule has 0 aromatic heterocycles. The SMILES string of the molecule is Cc1ccc(OCCCCN2C(=O)C(C)(C)Oc3ccc(C(=O)O)cc32)cc1. The molecule has 1 aliphatic rings. The van der Waals surface area contributed by atoms with Crippen molar-refractivity contribution in [2.75, 3.05) is 18.1 Å². The molecular formula is C22H25NO5. The van der Waals surface area contributed by atoms with Gasteiger partial charge in [0.1, 0.15) is 11.5 Å². The second-order valence-electron chi connectivity index (χ2n) is 7.43. The molecule has 2 aromatic carbocycles. The molecule has 0 saturated carbocycles. The summed E-state index contributed by atoms with van der Waals surface area (Å²) in [5.74, 6) is 0.129. The highest BCUT2D eigenvalue weighted by Crippen LogP contribution is 2.38. The molecule has 6 heteroatoms. The van der Waals surface area contributed by atoms with Crippen molar-refractivity contribution >= 4 is 17.6 Å². The maximum atomic E-state index is 12.8. The van der Waals surface area contributed by atoms with Crippen LogP contribution in [0, 0.1) is 6.92 Å². The molecule has 0 radical (unpaired) electrons. The molecule has 0 bridgehead atoms. The van der Waals surface area contributed by atoms with Crippen LogP contribution in [0.2, 0.25) is 0 Å².